The minimum absolute atomic E-state index is 0.713. The molecule has 0 bridgehead atoms. The van der Waals surface area contributed by atoms with Crippen LogP contribution in [0.4, 0.5) is 10.9 Å². The van der Waals surface area contributed by atoms with E-state index < -0.39 is 0 Å². The summed E-state index contributed by atoms with van der Waals surface area (Å²) in [4.78, 5) is 17.9. The fourth-order valence-electron chi connectivity index (χ4n) is 2.46. The largest absolute Gasteiger partial charge is 0.316 e. The maximum atomic E-state index is 4.59. The van der Waals surface area contributed by atoms with Crippen LogP contribution in [0.2, 0.25) is 0 Å². The summed E-state index contributed by atoms with van der Waals surface area (Å²) in [6.45, 7) is 1.89. The third-order valence-corrected chi connectivity index (χ3v) is 4.33. The predicted molar refractivity (Wildman–Crippen MR) is 101 cm³/mol. The van der Waals surface area contributed by atoms with Crippen LogP contribution in [0.3, 0.4) is 0 Å². The van der Waals surface area contributed by atoms with E-state index in [4.69, 9.17) is 0 Å². The van der Waals surface area contributed by atoms with Gasteiger partial charge in [0.2, 0.25) is 0 Å². The molecule has 0 fully saturated rings. The van der Waals surface area contributed by atoms with E-state index in [1.807, 2.05) is 66.9 Å². The first-order valence-corrected chi connectivity index (χ1v) is 8.71. The van der Waals surface area contributed by atoms with Crippen molar-refractivity contribution in [1.29, 1.82) is 0 Å². The Bertz CT molecular complexity index is 983. The maximum absolute atomic E-state index is 4.59. The highest BCUT2D eigenvalue weighted by atomic mass is 32.1. The molecule has 0 saturated carbocycles. The third kappa shape index (κ3) is 3.54. The van der Waals surface area contributed by atoms with Crippen molar-refractivity contribution >= 4 is 22.3 Å². The molecule has 0 atom stereocenters. The van der Waals surface area contributed by atoms with Gasteiger partial charge in [0.05, 0.1) is 11.4 Å². The average molecular weight is 345 g/mol. The Morgan fingerprint density at radius 2 is 1.68 bits per heavy atom. The zero-order valence-electron chi connectivity index (χ0n) is 13.5. The molecule has 4 rings (SSSR count). The van der Waals surface area contributed by atoms with Crippen LogP contribution in [0.5, 0.6) is 0 Å². The van der Waals surface area contributed by atoms with Gasteiger partial charge in [0, 0.05) is 23.2 Å². The normalized spacial score (nSPS) is 10.6. The molecule has 25 heavy (non-hydrogen) atoms. The van der Waals surface area contributed by atoms with Crippen molar-refractivity contribution in [3.05, 3.63) is 72.0 Å². The van der Waals surface area contributed by atoms with Crippen LogP contribution in [-0.2, 0) is 0 Å². The van der Waals surface area contributed by atoms with E-state index in [9.17, 15) is 0 Å². The minimum Gasteiger partial charge on any atom is -0.316 e. The number of hydrogen-bond acceptors (Lipinski definition) is 6. The third-order valence-electron chi connectivity index (χ3n) is 3.57. The van der Waals surface area contributed by atoms with E-state index >= 15 is 0 Å². The SMILES string of the molecule is Cc1nc(Nc2nc(-c3ccccn3)cs2)cc(-c2ccccc2)n1. The number of pyridine rings is 1. The van der Waals surface area contributed by atoms with Crippen molar-refractivity contribution in [2.75, 3.05) is 5.32 Å². The van der Waals surface area contributed by atoms with E-state index in [0.29, 0.717) is 5.82 Å². The number of nitrogens with one attached hydrogen (secondary N) is 1. The quantitative estimate of drug-likeness (QED) is 0.580. The second-order valence-electron chi connectivity index (χ2n) is 5.43. The molecule has 122 valence electrons. The van der Waals surface area contributed by atoms with Crippen molar-refractivity contribution in [2.24, 2.45) is 0 Å². The van der Waals surface area contributed by atoms with Crippen LogP contribution < -0.4 is 5.32 Å². The van der Waals surface area contributed by atoms with E-state index in [1.165, 1.54) is 11.3 Å². The zero-order chi connectivity index (χ0) is 17.1. The fourth-order valence-corrected chi connectivity index (χ4v) is 3.17. The lowest BCUT2D eigenvalue weighted by molar-refractivity contribution is 1.06. The molecule has 5 nitrogen and oxygen atoms in total. The smallest absolute Gasteiger partial charge is 0.188 e. The number of aryl methyl sites for hydroxylation is 1. The lowest BCUT2D eigenvalue weighted by Gasteiger charge is -2.06. The number of benzene rings is 1. The van der Waals surface area contributed by atoms with Crippen molar-refractivity contribution in [2.45, 2.75) is 6.92 Å². The molecule has 1 N–H and O–H groups in total. The molecule has 0 radical (unpaired) electrons. The van der Waals surface area contributed by atoms with Gasteiger partial charge in [-0.1, -0.05) is 36.4 Å². The first-order chi connectivity index (χ1) is 12.3. The topological polar surface area (TPSA) is 63.6 Å². The van der Waals surface area contributed by atoms with Gasteiger partial charge in [0.15, 0.2) is 5.13 Å². The molecule has 3 heterocycles. The molecule has 6 heteroatoms. The molecular formula is C19H15N5S. The van der Waals surface area contributed by atoms with Gasteiger partial charge in [-0.05, 0) is 19.1 Å². The predicted octanol–water partition coefficient (Wildman–Crippen LogP) is 4.71. The number of nitrogens with zero attached hydrogens (tertiary/aromatic N) is 4. The molecule has 3 aromatic heterocycles. The summed E-state index contributed by atoms with van der Waals surface area (Å²) in [7, 11) is 0. The first-order valence-electron chi connectivity index (χ1n) is 7.83. The van der Waals surface area contributed by atoms with Crippen LogP contribution in [0.15, 0.2) is 66.2 Å². The summed E-state index contributed by atoms with van der Waals surface area (Å²) in [6, 6.07) is 17.8. The minimum atomic E-state index is 0.713. The van der Waals surface area contributed by atoms with Gasteiger partial charge in [-0.15, -0.1) is 11.3 Å². The molecule has 0 saturated heterocycles. The molecular weight excluding hydrogens is 330 g/mol. The van der Waals surface area contributed by atoms with Gasteiger partial charge < -0.3 is 5.32 Å². The van der Waals surface area contributed by atoms with E-state index in [1.54, 1.807) is 6.20 Å². The molecule has 0 aliphatic rings. The molecule has 0 spiro atoms. The highest BCUT2D eigenvalue weighted by molar-refractivity contribution is 7.14. The van der Waals surface area contributed by atoms with Gasteiger partial charge in [0.25, 0.3) is 0 Å². The average Bonchev–Trinajstić information content (AvgIpc) is 3.11. The lowest BCUT2D eigenvalue weighted by atomic mass is 10.1. The van der Waals surface area contributed by atoms with Crippen LogP contribution in [0, 0.1) is 6.92 Å². The molecule has 0 aliphatic heterocycles. The van der Waals surface area contributed by atoms with Crippen LogP contribution in [-0.4, -0.2) is 19.9 Å². The summed E-state index contributed by atoms with van der Waals surface area (Å²) >= 11 is 1.52. The Morgan fingerprint density at radius 1 is 0.840 bits per heavy atom. The second kappa shape index (κ2) is 6.78. The van der Waals surface area contributed by atoms with E-state index in [-0.39, 0.29) is 0 Å². The highest BCUT2D eigenvalue weighted by Gasteiger charge is 2.08. The molecule has 0 aliphatic carbocycles. The Kier molecular flexibility index (Phi) is 4.18. The number of anilines is 2. The zero-order valence-corrected chi connectivity index (χ0v) is 14.4. The van der Waals surface area contributed by atoms with Crippen molar-refractivity contribution in [3.8, 4) is 22.6 Å². The number of rotatable bonds is 4. The molecule has 0 unspecified atom stereocenters. The van der Waals surface area contributed by atoms with Gasteiger partial charge in [-0.3, -0.25) is 4.98 Å². The molecule has 1 aromatic carbocycles. The van der Waals surface area contributed by atoms with Crippen LogP contribution >= 0.6 is 11.3 Å². The van der Waals surface area contributed by atoms with Crippen LogP contribution in [0.25, 0.3) is 22.6 Å². The summed E-state index contributed by atoms with van der Waals surface area (Å²) in [5, 5.41) is 6.03. The monoisotopic (exact) mass is 345 g/mol. The Labute approximate surface area is 149 Å². The Morgan fingerprint density at radius 3 is 2.48 bits per heavy atom. The maximum Gasteiger partial charge on any atom is 0.188 e. The number of hydrogen-bond donors (Lipinski definition) is 1. The second-order valence-corrected chi connectivity index (χ2v) is 6.29. The highest BCUT2D eigenvalue weighted by Crippen LogP contribution is 2.27. The molecule has 0 amide bonds. The first kappa shape index (κ1) is 15.4. The van der Waals surface area contributed by atoms with Crippen molar-refractivity contribution in [3.63, 3.8) is 0 Å². The van der Waals surface area contributed by atoms with Gasteiger partial charge in [-0.25, -0.2) is 15.0 Å². The fraction of sp³-hybridized carbons (Fsp3) is 0.0526. The standard InChI is InChI=1S/C19H15N5S/c1-13-21-16(14-7-3-2-4-8-14)11-18(22-13)24-19-23-17(12-25-19)15-9-5-6-10-20-15/h2-12H,1H3,(H,21,22,23,24). The number of aromatic nitrogens is 4. The van der Waals surface area contributed by atoms with E-state index in [2.05, 4.69) is 25.3 Å². The Balaban J connectivity index is 1.61. The summed E-state index contributed by atoms with van der Waals surface area (Å²) in [5.41, 5.74) is 3.65. The van der Waals surface area contributed by atoms with Gasteiger partial charge >= 0.3 is 0 Å². The molecule has 4 aromatic rings. The lowest BCUT2D eigenvalue weighted by Crippen LogP contribution is -1.98. The summed E-state index contributed by atoms with van der Waals surface area (Å²) in [6.07, 6.45) is 1.77. The van der Waals surface area contributed by atoms with Gasteiger partial charge in [-0.2, -0.15) is 0 Å². The van der Waals surface area contributed by atoms with Crippen molar-refractivity contribution < 1.29 is 0 Å². The van der Waals surface area contributed by atoms with Crippen molar-refractivity contribution in [1.82, 2.24) is 19.9 Å². The Hall–Kier alpha value is -3.12. The van der Waals surface area contributed by atoms with Crippen LogP contribution in [0.1, 0.15) is 5.82 Å². The number of thiazole rings is 1. The summed E-state index contributed by atoms with van der Waals surface area (Å²) < 4.78 is 0. The van der Waals surface area contributed by atoms with Gasteiger partial charge in [0.1, 0.15) is 17.3 Å². The van der Waals surface area contributed by atoms with E-state index in [0.717, 1.165) is 33.6 Å². The summed E-state index contributed by atoms with van der Waals surface area (Å²) in [5.74, 6) is 1.44.